The van der Waals surface area contributed by atoms with E-state index in [9.17, 15) is 4.79 Å². The highest BCUT2D eigenvalue weighted by Crippen LogP contribution is 2.41. The van der Waals surface area contributed by atoms with Crippen LogP contribution < -0.4 is 9.47 Å². The van der Waals surface area contributed by atoms with Crippen LogP contribution in [-0.4, -0.2) is 34.3 Å². The van der Waals surface area contributed by atoms with Crippen LogP contribution in [0.15, 0.2) is 22.7 Å². The van der Waals surface area contributed by atoms with Gasteiger partial charge in [-0.15, -0.1) is 0 Å². The van der Waals surface area contributed by atoms with Crippen molar-refractivity contribution >= 4 is 5.91 Å². The van der Waals surface area contributed by atoms with Crippen LogP contribution in [-0.2, 0) is 0 Å². The molecule has 124 valence electrons. The monoisotopic (exact) mass is 327 g/mol. The average Bonchev–Trinajstić information content (AvgIpc) is 3.06. The molecule has 7 nitrogen and oxygen atoms in total. The van der Waals surface area contributed by atoms with Crippen molar-refractivity contribution in [2.75, 3.05) is 13.3 Å². The van der Waals surface area contributed by atoms with Crippen LogP contribution in [0.4, 0.5) is 0 Å². The Kier molecular flexibility index (Phi) is 3.01. The van der Waals surface area contributed by atoms with Crippen molar-refractivity contribution in [3.8, 4) is 11.5 Å². The summed E-state index contributed by atoms with van der Waals surface area (Å²) < 4.78 is 16.2. The zero-order valence-electron chi connectivity index (χ0n) is 13.1. The fraction of sp³-hybridized carbons (Fsp3) is 0.471. The van der Waals surface area contributed by atoms with E-state index in [-0.39, 0.29) is 18.7 Å². The van der Waals surface area contributed by atoms with E-state index < -0.39 is 0 Å². The largest absolute Gasteiger partial charge is 0.454 e. The Bertz CT molecular complexity index is 799. The topological polar surface area (TPSA) is 77.7 Å². The molecular weight excluding hydrogens is 310 g/mol. The molecule has 24 heavy (non-hydrogen) atoms. The molecule has 0 spiro atoms. The summed E-state index contributed by atoms with van der Waals surface area (Å²) in [7, 11) is 0. The van der Waals surface area contributed by atoms with Crippen molar-refractivity contribution in [3.05, 3.63) is 35.5 Å². The van der Waals surface area contributed by atoms with E-state index in [1.807, 2.05) is 17.0 Å². The highest BCUT2D eigenvalue weighted by Gasteiger charge is 2.37. The van der Waals surface area contributed by atoms with E-state index in [0.717, 1.165) is 25.7 Å². The minimum atomic E-state index is -0.132. The highest BCUT2D eigenvalue weighted by molar-refractivity contribution is 5.98. The number of hydrogen-bond donors (Lipinski definition) is 0. The van der Waals surface area contributed by atoms with Gasteiger partial charge in [0.05, 0.1) is 11.6 Å². The number of ether oxygens (including phenoxy) is 2. The summed E-state index contributed by atoms with van der Waals surface area (Å²) >= 11 is 0. The van der Waals surface area contributed by atoms with Crippen LogP contribution in [0, 0.1) is 0 Å². The van der Waals surface area contributed by atoms with Gasteiger partial charge in [-0.05, 0) is 37.8 Å². The van der Waals surface area contributed by atoms with Gasteiger partial charge in [0, 0.05) is 12.5 Å². The minimum absolute atomic E-state index is 0.0716. The average molecular weight is 327 g/mol. The molecule has 3 heterocycles. The number of carbonyl (C=O) groups excluding carboxylic acids is 1. The number of carbonyl (C=O) groups is 1. The Morgan fingerprint density at radius 2 is 2.12 bits per heavy atom. The number of likely N-dealkylation sites (tertiary alicyclic amines) is 1. The van der Waals surface area contributed by atoms with Crippen molar-refractivity contribution < 1.29 is 18.8 Å². The summed E-state index contributed by atoms with van der Waals surface area (Å²) in [6.07, 6.45) is 4.00. The summed E-state index contributed by atoms with van der Waals surface area (Å²) in [5, 5.41) is 4.12. The highest BCUT2D eigenvalue weighted by atomic mass is 16.7. The first kappa shape index (κ1) is 13.8. The number of hydrogen-bond acceptors (Lipinski definition) is 6. The van der Waals surface area contributed by atoms with Crippen molar-refractivity contribution in [1.82, 2.24) is 15.0 Å². The van der Waals surface area contributed by atoms with Gasteiger partial charge < -0.3 is 18.9 Å². The van der Waals surface area contributed by atoms with Gasteiger partial charge in [-0.2, -0.15) is 4.98 Å². The lowest BCUT2D eigenvalue weighted by atomic mass is 10.1. The van der Waals surface area contributed by atoms with Crippen molar-refractivity contribution in [3.63, 3.8) is 0 Å². The second kappa shape index (κ2) is 5.22. The molecule has 0 N–H and O–H groups in total. The second-order valence-electron chi connectivity index (χ2n) is 6.46. The summed E-state index contributed by atoms with van der Waals surface area (Å²) in [5.74, 6) is 2.82. The number of amides is 1. The Morgan fingerprint density at radius 3 is 3.00 bits per heavy atom. The molecular formula is C17H17N3O4. The standard InChI is InChI=1S/C17H17N3O4/c21-17(11-3-1-5-13-14(11)23-9-22-13)20-8-2-4-12(20)15-18-16(24-19-15)10-6-7-10/h1,3,5,10,12H,2,4,6-9H2/t12-/m1/s1. The van der Waals surface area contributed by atoms with Gasteiger partial charge in [0.25, 0.3) is 5.91 Å². The summed E-state index contributed by atoms with van der Waals surface area (Å²) in [6, 6.07) is 5.26. The van der Waals surface area contributed by atoms with E-state index in [0.29, 0.717) is 41.2 Å². The SMILES string of the molecule is O=C(c1cccc2c1OCO2)N1CCC[C@@H]1c1noc(C2CC2)n1. The molecule has 3 aliphatic rings. The lowest BCUT2D eigenvalue weighted by Crippen LogP contribution is -2.31. The maximum atomic E-state index is 13.0. The first-order valence-corrected chi connectivity index (χ1v) is 8.34. The Hall–Kier alpha value is -2.57. The maximum absolute atomic E-state index is 13.0. The molecule has 1 amide bonds. The number of aromatic nitrogens is 2. The van der Waals surface area contributed by atoms with E-state index in [1.165, 1.54) is 0 Å². The quantitative estimate of drug-likeness (QED) is 0.862. The van der Waals surface area contributed by atoms with Crippen molar-refractivity contribution in [2.45, 2.75) is 37.6 Å². The number of para-hydroxylation sites is 1. The van der Waals surface area contributed by atoms with Crippen LogP contribution in [0.25, 0.3) is 0 Å². The van der Waals surface area contributed by atoms with E-state index in [1.54, 1.807) is 6.07 Å². The van der Waals surface area contributed by atoms with E-state index >= 15 is 0 Å². The zero-order chi connectivity index (χ0) is 16.1. The van der Waals surface area contributed by atoms with Crippen LogP contribution in [0.3, 0.4) is 0 Å². The molecule has 2 aromatic rings. The molecule has 5 rings (SSSR count). The van der Waals surface area contributed by atoms with E-state index in [4.69, 9.17) is 14.0 Å². The van der Waals surface area contributed by atoms with Crippen molar-refractivity contribution in [2.24, 2.45) is 0 Å². The lowest BCUT2D eigenvalue weighted by Gasteiger charge is -2.22. The first-order valence-electron chi connectivity index (χ1n) is 8.34. The molecule has 7 heteroatoms. The molecule has 1 saturated heterocycles. The molecule has 1 saturated carbocycles. The van der Waals surface area contributed by atoms with E-state index in [2.05, 4.69) is 10.1 Å². The Morgan fingerprint density at radius 1 is 1.21 bits per heavy atom. The van der Waals surface area contributed by atoms with Crippen LogP contribution in [0.1, 0.15) is 59.7 Å². The van der Waals surface area contributed by atoms with Gasteiger partial charge in [0.15, 0.2) is 17.3 Å². The third-order valence-electron chi connectivity index (χ3n) is 4.82. The van der Waals surface area contributed by atoms with Crippen LogP contribution in [0.2, 0.25) is 0 Å². The number of benzene rings is 1. The molecule has 0 unspecified atom stereocenters. The fourth-order valence-corrected chi connectivity index (χ4v) is 3.41. The van der Waals surface area contributed by atoms with Crippen molar-refractivity contribution in [1.29, 1.82) is 0 Å². The van der Waals surface area contributed by atoms with Gasteiger partial charge in [0.2, 0.25) is 12.7 Å². The van der Waals surface area contributed by atoms with Crippen LogP contribution >= 0.6 is 0 Å². The van der Waals surface area contributed by atoms with Gasteiger partial charge in [-0.3, -0.25) is 4.79 Å². The molecule has 1 aromatic heterocycles. The van der Waals surface area contributed by atoms with Crippen LogP contribution in [0.5, 0.6) is 11.5 Å². The van der Waals surface area contributed by atoms with Gasteiger partial charge in [-0.25, -0.2) is 0 Å². The normalized spacial score (nSPS) is 22.2. The summed E-state index contributed by atoms with van der Waals surface area (Å²) in [6.45, 7) is 0.833. The smallest absolute Gasteiger partial charge is 0.258 e. The molecule has 1 atom stereocenters. The minimum Gasteiger partial charge on any atom is -0.454 e. The Balaban J connectivity index is 1.44. The summed E-state index contributed by atoms with van der Waals surface area (Å²) in [4.78, 5) is 19.4. The number of fused-ring (bicyclic) bond motifs is 1. The summed E-state index contributed by atoms with van der Waals surface area (Å²) in [5.41, 5.74) is 0.530. The maximum Gasteiger partial charge on any atom is 0.258 e. The van der Waals surface area contributed by atoms with Gasteiger partial charge >= 0.3 is 0 Å². The third-order valence-corrected chi connectivity index (χ3v) is 4.82. The molecule has 2 aliphatic heterocycles. The molecule has 0 radical (unpaired) electrons. The third kappa shape index (κ3) is 2.15. The Labute approximate surface area is 138 Å². The first-order chi connectivity index (χ1) is 11.8. The predicted molar refractivity (Wildman–Crippen MR) is 81.8 cm³/mol. The molecule has 0 bridgehead atoms. The molecule has 1 aliphatic carbocycles. The lowest BCUT2D eigenvalue weighted by molar-refractivity contribution is 0.0723. The fourth-order valence-electron chi connectivity index (χ4n) is 3.41. The second-order valence-corrected chi connectivity index (χ2v) is 6.46. The molecule has 2 fully saturated rings. The predicted octanol–water partition coefficient (Wildman–Crippen LogP) is 2.65. The van der Waals surface area contributed by atoms with Gasteiger partial charge in [-0.1, -0.05) is 11.2 Å². The van der Waals surface area contributed by atoms with Gasteiger partial charge in [0.1, 0.15) is 0 Å². The molecule has 1 aromatic carbocycles. The number of rotatable bonds is 3. The number of nitrogens with zero attached hydrogens (tertiary/aromatic N) is 3. The zero-order valence-corrected chi connectivity index (χ0v) is 13.1.